The van der Waals surface area contributed by atoms with E-state index in [9.17, 15) is 21.9 Å². The maximum Gasteiger partial charge on any atom is 0.306 e. The minimum Gasteiger partial charge on any atom is -0.387 e. The number of fused-ring (bicyclic) bond motifs is 1. The first-order valence-electron chi connectivity index (χ1n) is 11.2. The number of sulfonamides is 1. The van der Waals surface area contributed by atoms with Gasteiger partial charge in [0.15, 0.2) is 5.75 Å². The number of aromatic amines is 1. The van der Waals surface area contributed by atoms with Gasteiger partial charge in [-0.2, -0.15) is 8.42 Å². The second-order valence-electron chi connectivity index (χ2n) is 8.29. The standard InChI is InChI=1S/C25H27N3O6S2/c1-35(30,31)34-24-12-6-11-22-19(16-27-25(22)24)13-14-26-17-23(29)18-7-5-8-20(15-18)28-36(32,33)21-9-3-2-4-10-21/h2-12,15-16,23,26-29H,13-14,17H2,1H3/t23-/m0/s1. The number of aliphatic hydroxyl groups is 1. The van der Waals surface area contributed by atoms with Crippen LogP contribution >= 0.6 is 0 Å². The molecular weight excluding hydrogens is 502 g/mol. The van der Waals surface area contributed by atoms with Crippen molar-refractivity contribution in [1.82, 2.24) is 10.3 Å². The molecule has 0 aliphatic rings. The van der Waals surface area contributed by atoms with Gasteiger partial charge in [0, 0.05) is 23.8 Å². The monoisotopic (exact) mass is 529 g/mol. The summed E-state index contributed by atoms with van der Waals surface area (Å²) in [5.74, 6) is 0.243. The average Bonchev–Trinajstić information content (AvgIpc) is 3.25. The van der Waals surface area contributed by atoms with E-state index >= 15 is 0 Å². The number of anilines is 1. The first kappa shape index (κ1) is 25.7. The number of H-pyrrole nitrogens is 1. The Hall–Kier alpha value is -3.38. The van der Waals surface area contributed by atoms with Crippen molar-refractivity contribution < 1.29 is 26.1 Å². The lowest BCUT2D eigenvalue weighted by atomic mass is 10.1. The lowest BCUT2D eigenvalue weighted by molar-refractivity contribution is 0.175. The molecule has 0 saturated carbocycles. The van der Waals surface area contributed by atoms with Gasteiger partial charge in [-0.05, 0) is 54.4 Å². The highest BCUT2D eigenvalue weighted by Crippen LogP contribution is 2.28. The Balaban J connectivity index is 1.34. The van der Waals surface area contributed by atoms with Crippen LogP contribution in [0.3, 0.4) is 0 Å². The fourth-order valence-electron chi connectivity index (χ4n) is 3.83. The van der Waals surface area contributed by atoms with Gasteiger partial charge in [0.2, 0.25) is 0 Å². The predicted molar refractivity (Wildman–Crippen MR) is 139 cm³/mol. The van der Waals surface area contributed by atoms with E-state index in [1.54, 1.807) is 60.8 Å². The minimum atomic E-state index is -3.73. The van der Waals surface area contributed by atoms with E-state index in [1.807, 2.05) is 6.07 Å². The molecule has 1 atom stereocenters. The Morgan fingerprint density at radius 3 is 2.47 bits per heavy atom. The molecule has 190 valence electrons. The molecule has 0 amide bonds. The van der Waals surface area contributed by atoms with Crippen molar-refractivity contribution in [1.29, 1.82) is 0 Å². The third-order valence-electron chi connectivity index (χ3n) is 5.49. The molecule has 3 aromatic carbocycles. The predicted octanol–water partition coefficient (Wildman–Crippen LogP) is 3.17. The lowest BCUT2D eigenvalue weighted by Crippen LogP contribution is -2.23. The zero-order chi connectivity index (χ0) is 25.8. The molecule has 36 heavy (non-hydrogen) atoms. The molecule has 0 unspecified atom stereocenters. The van der Waals surface area contributed by atoms with Crippen LogP contribution in [0.2, 0.25) is 0 Å². The number of rotatable bonds is 11. The van der Waals surface area contributed by atoms with Crippen molar-refractivity contribution in [3.63, 3.8) is 0 Å². The van der Waals surface area contributed by atoms with E-state index in [4.69, 9.17) is 4.18 Å². The molecule has 11 heteroatoms. The van der Waals surface area contributed by atoms with E-state index in [0.29, 0.717) is 29.7 Å². The van der Waals surface area contributed by atoms with Crippen LogP contribution in [0.1, 0.15) is 17.2 Å². The van der Waals surface area contributed by atoms with E-state index in [0.717, 1.165) is 17.2 Å². The van der Waals surface area contributed by atoms with Gasteiger partial charge in [0.25, 0.3) is 10.0 Å². The summed E-state index contributed by atoms with van der Waals surface area (Å²) in [5.41, 5.74) is 2.52. The SMILES string of the molecule is CS(=O)(=O)Oc1cccc2c(CCNC[C@H](O)c3cccc(NS(=O)(=O)c4ccccc4)c3)c[nH]c12. The lowest BCUT2D eigenvalue weighted by Gasteiger charge is -2.14. The van der Waals surface area contributed by atoms with E-state index in [2.05, 4.69) is 15.0 Å². The smallest absolute Gasteiger partial charge is 0.306 e. The topological polar surface area (TPSA) is 138 Å². The highest BCUT2D eigenvalue weighted by Gasteiger charge is 2.15. The summed E-state index contributed by atoms with van der Waals surface area (Å²) < 4.78 is 55.7. The summed E-state index contributed by atoms with van der Waals surface area (Å²) >= 11 is 0. The maximum absolute atomic E-state index is 12.6. The summed E-state index contributed by atoms with van der Waals surface area (Å²) in [4.78, 5) is 3.23. The fraction of sp³-hybridized carbons (Fsp3) is 0.200. The van der Waals surface area contributed by atoms with Crippen LogP contribution in [0.15, 0.2) is 83.9 Å². The minimum absolute atomic E-state index is 0.157. The van der Waals surface area contributed by atoms with Gasteiger partial charge >= 0.3 is 10.1 Å². The molecular formula is C25H27N3O6S2. The van der Waals surface area contributed by atoms with Crippen LogP contribution in [0.5, 0.6) is 5.75 Å². The van der Waals surface area contributed by atoms with Crippen molar-refractivity contribution in [2.24, 2.45) is 0 Å². The molecule has 4 N–H and O–H groups in total. The van der Waals surface area contributed by atoms with Crippen molar-refractivity contribution in [3.05, 3.63) is 90.1 Å². The molecule has 0 bridgehead atoms. The van der Waals surface area contributed by atoms with Crippen molar-refractivity contribution in [2.75, 3.05) is 24.1 Å². The third kappa shape index (κ3) is 6.43. The first-order valence-corrected chi connectivity index (χ1v) is 14.5. The molecule has 9 nitrogen and oxygen atoms in total. The van der Waals surface area contributed by atoms with Gasteiger partial charge in [-0.25, -0.2) is 8.42 Å². The number of hydrogen-bond acceptors (Lipinski definition) is 7. The van der Waals surface area contributed by atoms with Gasteiger partial charge in [0.1, 0.15) is 0 Å². The first-order chi connectivity index (χ1) is 17.1. The molecule has 1 heterocycles. The largest absolute Gasteiger partial charge is 0.387 e. The zero-order valence-corrected chi connectivity index (χ0v) is 21.1. The quantitative estimate of drug-likeness (QED) is 0.173. The molecule has 0 aliphatic carbocycles. The van der Waals surface area contributed by atoms with Crippen LogP contribution < -0.4 is 14.2 Å². The number of hydrogen-bond donors (Lipinski definition) is 4. The van der Waals surface area contributed by atoms with Crippen LogP contribution in [-0.4, -0.2) is 46.3 Å². The molecule has 4 rings (SSSR count). The Bertz CT molecular complexity index is 1550. The highest BCUT2D eigenvalue weighted by atomic mass is 32.2. The molecule has 0 spiro atoms. The van der Waals surface area contributed by atoms with Crippen molar-refractivity contribution in [2.45, 2.75) is 17.4 Å². The Labute approximate surface area is 210 Å². The van der Waals surface area contributed by atoms with Crippen LogP contribution in [0.4, 0.5) is 5.69 Å². The molecule has 0 saturated heterocycles. The summed E-state index contributed by atoms with van der Waals surface area (Å²) in [7, 11) is -7.37. The van der Waals surface area contributed by atoms with Crippen molar-refractivity contribution >= 4 is 36.7 Å². The number of benzene rings is 3. The zero-order valence-electron chi connectivity index (χ0n) is 19.5. The fourth-order valence-corrected chi connectivity index (χ4v) is 5.36. The second-order valence-corrected chi connectivity index (χ2v) is 11.6. The average molecular weight is 530 g/mol. The van der Waals surface area contributed by atoms with Gasteiger partial charge in [-0.15, -0.1) is 0 Å². The Morgan fingerprint density at radius 1 is 0.972 bits per heavy atom. The third-order valence-corrected chi connectivity index (χ3v) is 7.37. The van der Waals surface area contributed by atoms with E-state index < -0.39 is 26.2 Å². The number of nitrogens with one attached hydrogen (secondary N) is 3. The molecule has 0 aliphatic heterocycles. The Kier molecular flexibility index (Phi) is 7.65. The van der Waals surface area contributed by atoms with Gasteiger partial charge in [-0.3, -0.25) is 4.72 Å². The normalized spacial score (nSPS) is 12.9. The summed E-state index contributed by atoms with van der Waals surface area (Å²) in [5, 5.41) is 14.7. The maximum atomic E-state index is 12.6. The molecule has 0 radical (unpaired) electrons. The number of aliphatic hydroxyl groups excluding tert-OH is 1. The van der Waals surface area contributed by atoms with Gasteiger partial charge in [-0.1, -0.05) is 42.5 Å². The highest BCUT2D eigenvalue weighted by molar-refractivity contribution is 7.92. The summed E-state index contributed by atoms with van der Waals surface area (Å²) in [6.07, 6.45) is 2.59. The van der Waals surface area contributed by atoms with Crippen LogP contribution in [0.25, 0.3) is 10.9 Å². The van der Waals surface area contributed by atoms with Gasteiger partial charge < -0.3 is 19.6 Å². The van der Waals surface area contributed by atoms with E-state index in [1.165, 1.54) is 12.1 Å². The molecule has 0 fully saturated rings. The summed E-state index contributed by atoms with van der Waals surface area (Å²) in [6.45, 7) is 0.821. The molecule has 1 aromatic heterocycles. The number of para-hydroxylation sites is 1. The van der Waals surface area contributed by atoms with Gasteiger partial charge in [0.05, 0.1) is 22.8 Å². The van der Waals surface area contributed by atoms with Crippen molar-refractivity contribution in [3.8, 4) is 5.75 Å². The van der Waals surface area contributed by atoms with Crippen LogP contribution in [-0.2, 0) is 26.6 Å². The van der Waals surface area contributed by atoms with Crippen LogP contribution in [0, 0.1) is 0 Å². The summed E-state index contributed by atoms with van der Waals surface area (Å²) in [6, 6.07) is 19.9. The Morgan fingerprint density at radius 2 is 1.72 bits per heavy atom. The number of aromatic nitrogens is 1. The second kappa shape index (κ2) is 10.7. The molecule has 4 aromatic rings. The van der Waals surface area contributed by atoms with E-state index in [-0.39, 0.29) is 17.2 Å².